The van der Waals surface area contributed by atoms with Crippen LogP contribution in [0, 0.1) is 5.82 Å². The zero-order valence-electron chi connectivity index (χ0n) is 15.0. The van der Waals surface area contributed by atoms with Gasteiger partial charge in [0.2, 0.25) is 5.90 Å². The molecule has 0 bridgehead atoms. The highest BCUT2D eigenvalue weighted by molar-refractivity contribution is 7.92. The topological polar surface area (TPSA) is 98.0 Å². The number of sulfonamides is 1. The number of benzene rings is 2. The lowest BCUT2D eigenvalue weighted by Gasteiger charge is -2.09. The normalized spacial score (nSPS) is 15.2. The van der Waals surface area contributed by atoms with Gasteiger partial charge < -0.3 is 9.15 Å². The Balaban J connectivity index is 1.54. The predicted octanol–water partition coefficient (Wildman–Crippen LogP) is 4.22. The lowest BCUT2D eigenvalue weighted by molar-refractivity contribution is -0.129. The lowest BCUT2D eigenvalue weighted by atomic mass is 10.2. The number of aliphatic imine (C=N–C) groups is 1. The smallest absolute Gasteiger partial charge is 0.363 e. The van der Waals surface area contributed by atoms with E-state index in [1.807, 2.05) is 0 Å². The molecular weight excluding hydrogens is 435 g/mol. The van der Waals surface area contributed by atoms with Gasteiger partial charge in [0.1, 0.15) is 16.5 Å². The first-order chi connectivity index (χ1) is 14.3. The second-order valence-electron chi connectivity index (χ2n) is 6.11. The molecule has 1 aliphatic heterocycles. The van der Waals surface area contributed by atoms with Gasteiger partial charge in [-0.3, -0.25) is 4.72 Å². The molecule has 2 heterocycles. The van der Waals surface area contributed by atoms with Crippen molar-refractivity contribution in [3.63, 3.8) is 0 Å². The van der Waals surface area contributed by atoms with Gasteiger partial charge in [0, 0.05) is 22.3 Å². The van der Waals surface area contributed by atoms with E-state index >= 15 is 0 Å². The first kappa shape index (κ1) is 19.9. The van der Waals surface area contributed by atoms with Crippen LogP contribution in [0.3, 0.4) is 0 Å². The lowest BCUT2D eigenvalue weighted by Crippen LogP contribution is -2.14. The molecule has 0 unspecified atom stereocenters. The van der Waals surface area contributed by atoms with Crippen molar-refractivity contribution >= 4 is 45.3 Å². The number of anilines is 1. The third kappa shape index (κ3) is 4.12. The van der Waals surface area contributed by atoms with E-state index in [0.717, 1.165) is 12.1 Å². The van der Waals surface area contributed by atoms with Crippen molar-refractivity contribution in [1.29, 1.82) is 0 Å². The Hall–Kier alpha value is -3.43. The Morgan fingerprint density at radius 2 is 1.87 bits per heavy atom. The molecular formula is C20H12ClFN2O5S. The number of rotatable bonds is 5. The number of nitrogens with zero attached hydrogens (tertiary/aromatic N) is 1. The summed E-state index contributed by atoms with van der Waals surface area (Å²) in [7, 11) is -4.16. The summed E-state index contributed by atoms with van der Waals surface area (Å²) in [5.41, 5.74) is 0.708. The number of esters is 1. The fourth-order valence-corrected chi connectivity index (χ4v) is 3.90. The van der Waals surface area contributed by atoms with Crippen LogP contribution in [0.25, 0.3) is 6.08 Å². The minimum Gasteiger partial charge on any atom is -0.465 e. The number of nitrogens with one attached hydrogen (secondary N) is 1. The van der Waals surface area contributed by atoms with E-state index in [9.17, 15) is 17.6 Å². The van der Waals surface area contributed by atoms with E-state index in [4.69, 9.17) is 20.8 Å². The highest BCUT2D eigenvalue weighted by atomic mass is 35.5. The van der Waals surface area contributed by atoms with Crippen LogP contribution in [0.2, 0.25) is 5.02 Å². The fourth-order valence-electron chi connectivity index (χ4n) is 2.62. The third-order valence-corrected chi connectivity index (χ3v) is 5.66. The molecule has 3 aromatic rings. The van der Waals surface area contributed by atoms with E-state index in [0.29, 0.717) is 11.3 Å². The quantitative estimate of drug-likeness (QED) is 0.467. The maximum atomic E-state index is 13.9. The van der Waals surface area contributed by atoms with E-state index in [1.165, 1.54) is 42.7 Å². The average molecular weight is 447 g/mol. The van der Waals surface area contributed by atoms with Gasteiger partial charge >= 0.3 is 5.97 Å². The molecule has 152 valence electrons. The number of hydrogen-bond acceptors (Lipinski definition) is 6. The summed E-state index contributed by atoms with van der Waals surface area (Å²) in [5, 5.41) is 0.0863. The van der Waals surface area contributed by atoms with E-state index in [-0.39, 0.29) is 22.3 Å². The van der Waals surface area contributed by atoms with Gasteiger partial charge in [0.25, 0.3) is 10.0 Å². The summed E-state index contributed by atoms with van der Waals surface area (Å²) in [5.74, 6) is -1.08. The number of hydrogen-bond donors (Lipinski definition) is 1. The van der Waals surface area contributed by atoms with Gasteiger partial charge in [-0.15, -0.1) is 0 Å². The van der Waals surface area contributed by atoms with Crippen molar-refractivity contribution in [2.24, 2.45) is 4.99 Å². The summed E-state index contributed by atoms with van der Waals surface area (Å²) in [6.07, 6.45) is 2.91. The largest absolute Gasteiger partial charge is 0.465 e. The van der Waals surface area contributed by atoms with Crippen LogP contribution in [0.4, 0.5) is 10.1 Å². The van der Waals surface area contributed by atoms with Crippen LogP contribution in [-0.4, -0.2) is 20.3 Å². The number of cyclic esters (lactones) is 1. The molecule has 1 aromatic heterocycles. The van der Waals surface area contributed by atoms with Crippen molar-refractivity contribution < 1.29 is 26.8 Å². The minimum atomic E-state index is -4.16. The van der Waals surface area contributed by atoms with Crippen molar-refractivity contribution in [2.75, 3.05) is 4.72 Å². The van der Waals surface area contributed by atoms with Crippen LogP contribution in [0.1, 0.15) is 11.3 Å². The van der Waals surface area contributed by atoms with E-state index in [1.54, 1.807) is 12.1 Å². The Labute approximate surface area is 175 Å². The maximum Gasteiger partial charge on any atom is 0.363 e. The van der Waals surface area contributed by atoms with Gasteiger partial charge in [0.15, 0.2) is 5.70 Å². The molecule has 2 aromatic carbocycles. The fraction of sp³-hybridized carbons (Fsp3) is 0. The van der Waals surface area contributed by atoms with Crippen LogP contribution >= 0.6 is 11.6 Å². The molecule has 1 aliphatic rings. The summed E-state index contributed by atoms with van der Waals surface area (Å²) in [6.45, 7) is 0. The molecule has 0 saturated heterocycles. The Bertz CT molecular complexity index is 1280. The molecule has 10 heteroatoms. The number of furan rings is 1. The molecule has 1 N–H and O–H groups in total. The summed E-state index contributed by atoms with van der Waals surface area (Å²) < 4.78 is 51.3. The first-order valence-corrected chi connectivity index (χ1v) is 10.3. The van der Waals surface area contributed by atoms with Gasteiger partial charge in [0.05, 0.1) is 6.26 Å². The molecule has 0 aliphatic carbocycles. The molecule has 0 saturated carbocycles. The van der Waals surface area contributed by atoms with Crippen LogP contribution in [-0.2, 0) is 19.6 Å². The molecule has 0 fully saturated rings. The molecule has 4 rings (SSSR count). The minimum absolute atomic E-state index is 0.0657. The Morgan fingerprint density at radius 3 is 2.53 bits per heavy atom. The number of halogens is 2. The monoisotopic (exact) mass is 446 g/mol. The Kier molecular flexibility index (Phi) is 5.15. The first-order valence-electron chi connectivity index (χ1n) is 8.46. The number of carbonyl (C=O) groups is 1. The van der Waals surface area contributed by atoms with Gasteiger partial charge in [-0.2, -0.15) is 0 Å². The van der Waals surface area contributed by atoms with Gasteiger partial charge in [-0.25, -0.2) is 22.6 Å². The van der Waals surface area contributed by atoms with Crippen LogP contribution < -0.4 is 4.72 Å². The van der Waals surface area contributed by atoms with Crippen molar-refractivity contribution in [3.05, 3.63) is 88.7 Å². The number of carbonyl (C=O) groups excluding carboxylic acids is 1. The van der Waals surface area contributed by atoms with Crippen molar-refractivity contribution in [1.82, 2.24) is 0 Å². The zero-order chi connectivity index (χ0) is 21.3. The second kappa shape index (κ2) is 7.77. The molecule has 0 atom stereocenters. The summed E-state index contributed by atoms with van der Waals surface area (Å²) in [6, 6.07) is 12.5. The highest BCUT2D eigenvalue weighted by Gasteiger charge is 2.25. The summed E-state index contributed by atoms with van der Waals surface area (Å²) in [4.78, 5) is 15.6. The molecule has 0 amide bonds. The van der Waals surface area contributed by atoms with E-state index in [2.05, 4.69) is 9.71 Å². The van der Waals surface area contributed by atoms with Gasteiger partial charge in [-0.1, -0.05) is 11.6 Å². The van der Waals surface area contributed by atoms with Crippen LogP contribution in [0.15, 0.2) is 80.9 Å². The summed E-state index contributed by atoms with van der Waals surface area (Å²) >= 11 is 5.66. The van der Waals surface area contributed by atoms with Crippen molar-refractivity contribution in [2.45, 2.75) is 4.90 Å². The molecule has 7 nitrogen and oxygen atoms in total. The van der Waals surface area contributed by atoms with E-state index < -0.39 is 26.7 Å². The maximum absolute atomic E-state index is 13.9. The van der Waals surface area contributed by atoms with Crippen LogP contribution in [0.5, 0.6) is 0 Å². The highest BCUT2D eigenvalue weighted by Crippen LogP contribution is 2.24. The third-order valence-electron chi connectivity index (χ3n) is 4.01. The second-order valence-corrected chi connectivity index (χ2v) is 8.20. The molecule has 0 radical (unpaired) electrons. The van der Waals surface area contributed by atoms with Gasteiger partial charge in [-0.05, 0) is 54.6 Å². The molecule has 0 spiro atoms. The standard InChI is InChI=1S/C20H12ClFN2O5S/c21-13-5-8-18(16(22)10-13)30(26,27)24-14-6-3-12(4-7-14)19-23-17(20(25)29-19)11-15-2-1-9-28-15/h1-11,24H/b17-11+. The molecule has 30 heavy (non-hydrogen) atoms. The Morgan fingerprint density at radius 1 is 1.10 bits per heavy atom. The number of ether oxygens (including phenoxy) is 1. The average Bonchev–Trinajstić information content (AvgIpc) is 3.32. The SMILES string of the molecule is O=C1OC(c2ccc(NS(=O)(=O)c3ccc(Cl)cc3F)cc2)=N/C1=C/c1ccco1. The zero-order valence-corrected chi connectivity index (χ0v) is 16.6. The predicted molar refractivity (Wildman–Crippen MR) is 108 cm³/mol. The van der Waals surface area contributed by atoms with Crippen molar-refractivity contribution in [3.8, 4) is 0 Å².